The molecule has 1 N–H and O–H groups in total. The third-order valence-corrected chi connectivity index (χ3v) is 4.64. The van der Waals surface area contributed by atoms with Crippen LogP contribution in [0.15, 0.2) is 42.5 Å². The van der Waals surface area contributed by atoms with E-state index >= 15 is 0 Å². The first kappa shape index (κ1) is 21.1. The van der Waals surface area contributed by atoms with Crippen molar-refractivity contribution in [1.29, 1.82) is 0 Å². The lowest BCUT2D eigenvalue weighted by molar-refractivity contribution is -0.385. The van der Waals surface area contributed by atoms with Crippen LogP contribution in [-0.2, 0) is 9.53 Å². The first-order valence-corrected chi connectivity index (χ1v) is 9.10. The fraction of sp³-hybridized carbons (Fsp3) is 0.333. The molecule has 0 saturated carbocycles. The Morgan fingerprint density at radius 3 is 2.46 bits per heavy atom. The maximum Gasteiger partial charge on any atom is 0.338 e. The number of benzene rings is 2. The molecule has 148 valence electrons. The van der Waals surface area contributed by atoms with Gasteiger partial charge in [0.2, 0.25) is 0 Å². The summed E-state index contributed by atoms with van der Waals surface area (Å²) in [5.41, 5.74) is 2.13. The average molecular weight is 384 g/mol. The summed E-state index contributed by atoms with van der Waals surface area (Å²) in [6, 6.07) is 11.5. The summed E-state index contributed by atoms with van der Waals surface area (Å²) in [6.45, 7) is 7.17. The van der Waals surface area contributed by atoms with Gasteiger partial charge >= 0.3 is 5.97 Å². The lowest BCUT2D eigenvalue weighted by atomic mass is 9.97. The molecule has 0 radical (unpaired) electrons. The average Bonchev–Trinajstić information content (AvgIpc) is 2.67. The Balaban J connectivity index is 2.08. The second-order valence-corrected chi connectivity index (χ2v) is 6.69. The molecule has 1 amide bonds. The molecule has 2 rings (SSSR count). The monoisotopic (exact) mass is 384 g/mol. The molecule has 2 aromatic carbocycles. The summed E-state index contributed by atoms with van der Waals surface area (Å²) in [7, 11) is 0. The van der Waals surface area contributed by atoms with Crippen molar-refractivity contribution in [2.24, 2.45) is 0 Å². The number of carbonyl (C=O) groups excluding carboxylic acids is 2. The maximum atomic E-state index is 12.5. The normalized spacial score (nSPS) is 12.7. The van der Waals surface area contributed by atoms with Crippen molar-refractivity contribution in [3.63, 3.8) is 0 Å². The summed E-state index contributed by atoms with van der Waals surface area (Å²) in [4.78, 5) is 35.1. The van der Waals surface area contributed by atoms with E-state index in [2.05, 4.69) is 19.2 Å². The van der Waals surface area contributed by atoms with Crippen LogP contribution in [0.4, 0.5) is 11.4 Å². The van der Waals surface area contributed by atoms with Crippen molar-refractivity contribution in [3.05, 3.63) is 69.3 Å². The summed E-state index contributed by atoms with van der Waals surface area (Å²) >= 11 is 0. The van der Waals surface area contributed by atoms with Gasteiger partial charge in [-0.25, -0.2) is 4.79 Å². The van der Waals surface area contributed by atoms with Crippen LogP contribution >= 0.6 is 0 Å². The van der Waals surface area contributed by atoms with Crippen molar-refractivity contribution >= 4 is 23.3 Å². The molecule has 0 spiro atoms. The van der Waals surface area contributed by atoms with Gasteiger partial charge in [0.15, 0.2) is 6.10 Å². The molecule has 7 heteroatoms. The highest BCUT2D eigenvalue weighted by atomic mass is 16.6. The zero-order chi connectivity index (χ0) is 20.8. The van der Waals surface area contributed by atoms with E-state index in [1.807, 2.05) is 24.3 Å². The predicted molar refractivity (Wildman–Crippen MR) is 106 cm³/mol. The van der Waals surface area contributed by atoms with Gasteiger partial charge in [-0.1, -0.05) is 32.0 Å². The topological polar surface area (TPSA) is 98.5 Å². The van der Waals surface area contributed by atoms with Crippen molar-refractivity contribution in [3.8, 4) is 0 Å². The third-order valence-electron chi connectivity index (χ3n) is 4.64. The van der Waals surface area contributed by atoms with Gasteiger partial charge in [-0.3, -0.25) is 14.9 Å². The number of nitro benzene ring substituents is 1. The summed E-state index contributed by atoms with van der Waals surface area (Å²) in [5.74, 6) is -0.879. The fourth-order valence-corrected chi connectivity index (χ4v) is 2.76. The van der Waals surface area contributed by atoms with Crippen LogP contribution < -0.4 is 5.32 Å². The summed E-state index contributed by atoms with van der Waals surface area (Å²) in [6.07, 6.45) is -0.0929. The highest BCUT2D eigenvalue weighted by Gasteiger charge is 2.22. The van der Waals surface area contributed by atoms with E-state index in [-0.39, 0.29) is 17.2 Å². The number of anilines is 1. The Bertz CT molecular complexity index is 894. The second kappa shape index (κ2) is 9.12. The van der Waals surface area contributed by atoms with E-state index in [1.54, 1.807) is 0 Å². The Morgan fingerprint density at radius 1 is 1.18 bits per heavy atom. The molecule has 0 aromatic heterocycles. The standard InChI is InChI=1S/C21H24N2O5/c1-5-13(2)17-8-6-7-9-18(17)22-20(24)15(4)28-21(25)16-10-11-19(23(26)27)14(3)12-16/h6-13,15H,5H2,1-4H3,(H,22,24)/t13-,15-/m1/s1. The number of nitrogens with one attached hydrogen (secondary N) is 1. The number of nitro groups is 1. The van der Waals surface area contributed by atoms with Crippen LogP contribution in [0.25, 0.3) is 0 Å². The van der Waals surface area contributed by atoms with Crippen molar-refractivity contribution < 1.29 is 19.2 Å². The Labute approximate surface area is 163 Å². The SMILES string of the molecule is CC[C@@H](C)c1ccccc1NC(=O)[C@@H](C)OC(=O)c1ccc([N+](=O)[O-])c(C)c1. The van der Waals surface area contributed by atoms with E-state index in [0.29, 0.717) is 11.3 Å². The highest BCUT2D eigenvalue weighted by Crippen LogP contribution is 2.26. The largest absolute Gasteiger partial charge is 0.449 e. The molecule has 28 heavy (non-hydrogen) atoms. The minimum Gasteiger partial charge on any atom is -0.449 e. The van der Waals surface area contributed by atoms with Gasteiger partial charge < -0.3 is 10.1 Å². The highest BCUT2D eigenvalue weighted by molar-refractivity contribution is 5.98. The van der Waals surface area contributed by atoms with E-state index in [0.717, 1.165) is 12.0 Å². The second-order valence-electron chi connectivity index (χ2n) is 6.69. The lowest BCUT2D eigenvalue weighted by Gasteiger charge is -2.18. The van der Waals surface area contributed by atoms with Gasteiger partial charge in [0.05, 0.1) is 10.5 Å². The number of aryl methyl sites for hydroxylation is 1. The van der Waals surface area contributed by atoms with Crippen LogP contribution in [-0.4, -0.2) is 22.9 Å². The van der Waals surface area contributed by atoms with Gasteiger partial charge in [0.25, 0.3) is 11.6 Å². The Kier molecular flexibility index (Phi) is 6.87. The van der Waals surface area contributed by atoms with Gasteiger partial charge in [-0.15, -0.1) is 0 Å². The fourth-order valence-electron chi connectivity index (χ4n) is 2.76. The Morgan fingerprint density at radius 2 is 1.86 bits per heavy atom. The first-order valence-electron chi connectivity index (χ1n) is 9.10. The third kappa shape index (κ3) is 4.94. The summed E-state index contributed by atoms with van der Waals surface area (Å²) in [5, 5.41) is 13.7. The number of ether oxygens (including phenoxy) is 1. The van der Waals surface area contributed by atoms with Crippen LogP contribution in [0.2, 0.25) is 0 Å². The zero-order valence-electron chi connectivity index (χ0n) is 16.4. The molecule has 0 aliphatic carbocycles. The molecule has 0 saturated heterocycles. The first-order chi connectivity index (χ1) is 13.2. The molecule has 0 bridgehead atoms. The molecule has 0 aliphatic rings. The van der Waals surface area contributed by atoms with E-state index in [4.69, 9.17) is 4.74 Å². The molecule has 0 aliphatic heterocycles. The Hall–Kier alpha value is -3.22. The minimum atomic E-state index is -1.02. The van der Waals surface area contributed by atoms with Crippen molar-refractivity contribution in [1.82, 2.24) is 0 Å². The van der Waals surface area contributed by atoms with Crippen LogP contribution in [0, 0.1) is 17.0 Å². The van der Waals surface area contributed by atoms with Gasteiger partial charge in [-0.05, 0) is 49.9 Å². The molecule has 0 unspecified atom stereocenters. The van der Waals surface area contributed by atoms with Crippen LogP contribution in [0.1, 0.15) is 54.6 Å². The van der Waals surface area contributed by atoms with E-state index in [1.165, 1.54) is 32.0 Å². The molecule has 2 atom stereocenters. The molecule has 7 nitrogen and oxygen atoms in total. The number of hydrogen-bond acceptors (Lipinski definition) is 5. The van der Waals surface area contributed by atoms with Gasteiger partial charge in [0.1, 0.15) is 0 Å². The molecular weight excluding hydrogens is 360 g/mol. The minimum absolute atomic E-state index is 0.0796. The lowest BCUT2D eigenvalue weighted by Crippen LogP contribution is -2.30. The van der Waals surface area contributed by atoms with Crippen molar-refractivity contribution in [2.45, 2.75) is 46.1 Å². The number of para-hydroxylation sites is 1. The maximum absolute atomic E-state index is 12.5. The number of carbonyl (C=O) groups is 2. The van der Waals surface area contributed by atoms with Gasteiger partial charge in [0, 0.05) is 17.3 Å². The number of nitrogens with zero attached hydrogens (tertiary/aromatic N) is 1. The number of esters is 1. The number of hydrogen-bond donors (Lipinski definition) is 1. The smallest absolute Gasteiger partial charge is 0.338 e. The number of rotatable bonds is 7. The number of amides is 1. The molecule has 2 aromatic rings. The molecular formula is C21H24N2O5. The van der Waals surface area contributed by atoms with Crippen LogP contribution in [0.3, 0.4) is 0 Å². The zero-order valence-corrected chi connectivity index (χ0v) is 16.4. The van der Waals surface area contributed by atoms with E-state index in [9.17, 15) is 19.7 Å². The van der Waals surface area contributed by atoms with Crippen molar-refractivity contribution in [2.75, 3.05) is 5.32 Å². The van der Waals surface area contributed by atoms with E-state index < -0.39 is 22.9 Å². The van der Waals surface area contributed by atoms with Gasteiger partial charge in [-0.2, -0.15) is 0 Å². The molecule has 0 fully saturated rings. The predicted octanol–water partition coefficient (Wildman–Crippen LogP) is 4.60. The summed E-state index contributed by atoms with van der Waals surface area (Å²) < 4.78 is 5.23. The van der Waals surface area contributed by atoms with Crippen LogP contribution in [0.5, 0.6) is 0 Å². The quantitative estimate of drug-likeness (QED) is 0.427. The molecule has 0 heterocycles.